The molecule has 0 bridgehead atoms. The van der Waals surface area contributed by atoms with Crippen LogP contribution in [0.2, 0.25) is 0 Å². The summed E-state index contributed by atoms with van der Waals surface area (Å²) in [5.41, 5.74) is 4.07. The monoisotopic (exact) mass is 283 g/mol. The molecule has 2 unspecified atom stereocenters. The van der Waals surface area contributed by atoms with Crippen molar-refractivity contribution in [1.29, 1.82) is 0 Å². The maximum absolute atomic E-state index is 13.3. The Morgan fingerprint density at radius 3 is 2.81 bits per heavy atom. The molecule has 1 aliphatic carbocycles. The number of rotatable bonds is 6. The molecule has 2 heteroatoms. The molecule has 0 saturated heterocycles. The molecule has 2 aromatic carbocycles. The van der Waals surface area contributed by atoms with Crippen LogP contribution in [0.15, 0.2) is 48.5 Å². The second-order valence-electron chi connectivity index (χ2n) is 5.92. The minimum atomic E-state index is -0.142. The highest BCUT2D eigenvalue weighted by molar-refractivity contribution is 5.40. The van der Waals surface area contributed by atoms with E-state index in [-0.39, 0.29) is 5.82 Å². The summed E-state index contributed by atoms with van der Waals surface area (Å²) in [6.45, 7) is 3.08. The molecule has 0 radical (unpaired) electrons. The van der Waals surface area contributed by atoms with E-state index in [9.17, 15) is 4.39 Å². The van der Waals surface area contributed by atoms with Crippen molar-refractivity contribution >= 4 is 0 Å². The smallest absolute Gasteiger partial charge is 0.123 e. The van der Waals surface area contributed by atoms with Gasteiger partial charge in [0.2, 0.25) is 0 Å². The quantitative estimate of drug-likeness (QED) is 0.842. The van der Waals surface area contributed by atoms with E-state index in [2.05, 4.69) is 36.5 Å². The average Bonchev–Trinajstić information content (AvgIpc) is 2.45. The second-order valence-corrected chi connectivity index (χ2v) is 5.92. The van der Waals surface area contributed by atoms with Crippen LogP contribution in [0.1, 0.15) is 36.0 Å². The zero-order valence-corrected chi connectivity index (χ0v) is 12.5. The van der Waals surface area contributed by atoms with Crippen LogP contribution in [0.5, 0.6) is 0 Å². The van der Waals surface area contributed by atoms with Crippen molar-refractivity contribution in [2.75, 3.05) is 6.54 Å². The highest BCUT2D eigenvalue weighted by atomic mass is 19.1. The van der Waals surface area contributed by atoms with Crippen LogP contribution in [0.3, 0.4) is 0 Å². The van der Waals surface area contributed by atoms with Gasteiger partial charge in [0.25, 0.3) is 0 Å². The van der Waals surface area contributed by atoms with Crippen molar-refractivity contribution in [2.45, 2.75) is 38.1 Å². The predicted molar refractivity (Wildman–Crippen MR) is 85.1 cm³/mol. The van der Waals surface area contributed by atoms with Crippen molar-refractivity contribution < 1.29 is 4.39 Å². The lowest BCUT2D eigenvalue weighted by Crippen LogP contribution is -2.35. The fourth-order valence-electron chi connectivity index (χ4n) is 3.39. The van der Waals surface area contributed by atoms with Crippen LogP contribution in [0, 0.1) is 5.82 Å². The Kier molecular flexibility index (Phi) is 4.35. The van der Waals surface area contributed by atoms with E-state index >= 15 is 0 Å². The molecule has 0 aromatic heterocycles. The molecular formula is C19H22FN. The molecule has 21 heavy (non-hydrogen) atoms. The fourth-order valence-corrected chi connectivity index (χ4v) is 3.39. The Bertz CT molecular complexity index is 608. The first kappa shape index (κ1) is 14.3. The largest absolute Gasteiger partial charge is 0.314 e. The number of nitrogens with one attached hydrogen (secondary N) is 1. The number of halogens is 1. The summed E-state index contributed by atoms with van der Waals surface area (Å²) < 4.78 is 13.3. The lowest BCUT2D eigenvalue weighted by molar-refractivity contribution is 0.422. The number of benzene rings is 2. The van der Waals surface area contributed by atoms with Crippen molar-refractivity contribution in [2.24, 2.45) is 0 Å². The maximum Gasteiger partial charge on any atom is 0.123 e. The number of hydrogen-bond donors (Lipinski definition) is 1. The molecule has 0 aliphatic heterocycles. The Morgan fingerprint density at radius 1 is 1.19 bits per heavy atom. The van der Waals surface area contributed by atoms with Crippen LogP contribution in [-0.2, 0) is 12.8 Å². The van der Waals surface area contributed by atoms with Crippen molar-refractivity contribution in [3.63, 3.8) is 0 Å². The van der Waals surface area contributed by atoms with E-state index in [4.69, 9.17) is 0 Å². The molecule has 0 heterocycles. The maximum atomic E-state index is 13.3. The first-order valence-corrected chi connectivity index (χ1v) is 7.82. The fraction of sp³-hybridized carbons (Fsp3) is 0.368. The standard InChI is InChI=1S/C19H22FN/c1-2-21-18(11-14-6-5-8-17(20)10-14)13-16-12-15-7-3-4-9-19(15)16/h3-10,16,18,21H,2,11-13H2,1H3. The van der Waals surface area contributed by atoms with Gasteiger partial charge in [0.05, 0.1) is 0 Å². The zero-order valence-electron chi connectivity index (χ0n) is 12.5. The number of fused-ring (bicyclic) bond motifs is 1. The predicted octanol–water partition coefficient (Wildman–Crippen LogP) is 4.08. The van der Waals surface area contributed by atoms with Gasteiger partial charge in [0, 0.05) is 6.04 Å². The van der Waals surface area contributed by atoms with E-state index < -0.39 is 0 Å². The number of hydrogen-bond acceptors (Lipinski definition) is 1. The Morgan fingerprint density at radius 2 is 2.05 bits per heavy atom. The van der Waals surface area contributed by atoms with Crippen LogP contribution in [-0.4, -0.2) is 12.6 Å². The molecule has 2 atom stereocenters. The Hall–Kier alpha value is -1.67. The van der Waals surface area contributed by atoms with Gasteiger partial charge in [-0.05, 0) is 60.5 Å². The van der Waals surface area contributed by atoms with Gasteiger partial charge in [-0.15, -0.1) is 0 Å². The molecule has 0 fully saturated rings. The third-order valence-electron chi connectivity index (χ3n) is 4.39. The zero-order chi connectivity index (χ0) is 14.7. The molecule has 3 rings (SSSR count). The van der Waals surface area contributed by atoms with Gasteiger partial charge in [-0.3, -0.25) is 0 Å². The molecular weight excluding hydrogens is 261 g/mol. The van der Waals surface area contributed by atoms with Crippen molar-refractivity contribution in [3.8, 4) is 0 Å². The Labute approximate surface area is 126 Å². The topological polar surface area (TPSA) is 12.0 Å². The van der Waals surface area contributed by atoms with E-state index in [1.807, 2.05) is 6.07 Å². The van der Waals surface area contributed by atoms with E-state index in [0.29, 0.717) is 12.0 Å². The van der Waals surface area contributed by atoms with Gasteiger partial charge in [0.1, 0.15) is 5.82 Å². The first-order chi connectivity index (χ1) is 10.3. The normalized spacial score (nSPS) is 17.9. The molecule has 110 valence electrons. The van der Waals surface area contributed by atoms with E-state index in [1.54, 1.807) is 12.1 Å². The van der Waals surface area contributed by atoms with Crippen LogP contribution < -0.4 is 5.32 Å². The molecule has 1 N–H and O–H groups in total. The summed E-state index contributed by atoms with van der Waals surface area (Å²) >= 11 is 0. The average molecular weight is 283 g/mol. The minimum absolute atomic E-state index is 0.142. The van der Waals surface area contributed by atoms with E-state index in [1.165, 1.54) is 23.6 Å². The van der Waals surface area contributed by atoms with Gasteiger partial charge in [-0.25, -0.2) is 4.39 Å². The van der Waals surface area contributed by atoms with Gasteiger partial charge in [-0.1, -0.05) is 43.3 Å². The Balaban J connectivity index is 1.66. The first-order valence-electron chi connectivity index (χ1n) is 7.82. The van der Waals surface area contributed by atoms with Crippen molar-refractivity contribution in [3.05, 3.63) is 71.0 Å². The van der Waals surface area contributed by atoms with Crippen molar-refractivity contribution in [1.82, 2.24) is 5.32 Å². The summed E-state index contributed by atoms with van der Waals surface area (Å²) in [5.74, 6) is 0.510. The second kappa shape index (κ2) is 6.40. The van der Waals surface area contributed by atoms with E-state index in [0.717, 1.165) is 24.9 Å². The SMILES string of the molecule is CCNC(Cc1cccc(F)c1)CC1Cc2ccccc21. The lowest BCUT2D eigenvalue weighted by Gasteiger charge is -2.33. The minimum Gasteiger partial charge on any atom is -0.314 e. The van der Waals surface area contributed by atoms with Gasteiger partial charge in [-0.2, -0.15) is 0 Å². The molecule has 0 saturated carbocycles. The summed E-state index contributed by atoms with van der Waals surface area (Å²) in [5, 5.41) is 3.56. The van der Waals surface area contributed by atoms with Crippen LogP contribution in [0.25, 0.3) is 0 Å². The third-order valence-corrected chi connectivity index (χ3v) is 4.39. The molecule has 1 nitrogen and oxygen atoms in total. The highest BCUT2D eigenvalue weighted by Gasteiger charge is 2.27. The molecule has 0 amide bonds. The van der Waals surface area contributed by atoms with Gasteiger partial charge >= 0.3 is 0 Å². The molecule has 0 spiro atoms. The van der Waals surface area contributed by atoms with Gasteiger partial charge in [0.15, 0.2) is 0 Å². The van der Waals surface area contributed by atoms with Crippen LogP contribution >= 0.6 is 0 Å². The highest BCUT2D eigenvalue weighted by Crippen LogP contribution is 2.38. The molecule has 2 aromatic rings. The molecule has 1 aliphatic rings. The summed E-state index contributed by atoms with van der Waals surface area (Å²) in [6, 6.07) is 16.1. The summed E-state index contributed by atoms with van der Waals surface area (Å²) in [7, 11) is 0. The van der Waals surface area contributed by atoms with Gasteiger partial charge < -0.3 is 5.32 Å². The van der Waals surface area contributed by atoms with Crippen LogP contribution in [0.4, 0.5) is 4.39 Å². The number of likely N-dealkylation sites (N-methyl/N-ethyl adjacent to an activating group) is 1. The lowest BCUT2D eigenvalue weighted by atomic mass is 9.74. The summed E-state index contributed by atoms with van der Waals surface area (Å²) in [6.07, 6.45) is 3.20. The summed E-state index contributed by atoms with van der Waals surface area (Å²) in [4.78, 5) is 0. The third kappa shape index (κ3) is 3.33.